The molecular weight excluding hydrogens is 906 g/mol. The Morgan fingerprint density at radius 1 is 0.855 bits per heavy atom. The summed E-state index contributed by atoms with van der Waals surface area (Å²) in [6.45, 7) is 15.9. The van der Waals surface area contributed by atoms with Crippen LogP contribution in [0, 0.1) is 35.5 Å². The number of fused-ring (bicyclic) bond motifs is 3. The van der Waals surface area contributed by atoms with Crippen molar-refractivity contribution in [1.29, 1.82) is 0 Å². The lowest BCUT2D eigenvalue weighted by atomic mass is 9.78. The average molecular weight is 990 g/mol. The highest BCUT2D eigenvalue weighted by molar-refractivity contribution is 7.57. The lowest BCUT2D eigenvalue weighted by Gasteiger charge is -2.42. The van der Waals surface area contributed by atoms with Crippen molar-refractivity contribution in [2.75, 3.05) is 41.2 Å². The smallest absolute Gasteiger partial charge is 0.329 e. The molecule has 2 bridgehead atoms. The molecule has 390 valence electrons. The maximum absolute atomic E-state index is 14.5. The van der Waals surface area contributed by atoms with Crippen LogP contribution in [-0.4, -0.2) is 140 Å². The van der Waals surface area contributed by atoms with Crippen LogP contribution in [0.3, 0.4) is 0 Å². The second kappa shape index (κ2) is 26.5. The SMILES string of the molecule is CO[C@H]1C[C@@H]2CC[C@@H](C)C(O)(O2)C(=O)C(=O)N2CCCC[C@H]2C(=O)O[C@H]([C@H](C)C[C@@H]2CC[C@@H](OP(C)(C)=O)[C@H](OC)C2)CC(=O)[C@H](C)/C=C(\C)[C@@H](O)[C@@H](OC)C(=O)[C@H](C)C[C@H](C)/C=C/C=CC=C1C. The van der Waals surface area contributed by atoms with Crippen LogP contribution in [0.2, 0.25) is 0 Å². The van der Waals surface area contributed by atoms with E-state index in [4.69, 9.17) is 28.2 Å². The molecule has 1 unspecified atom stereocenters. The number of amides is 1. The molecule has 0 radical (unpaired) electrons. The Kier molecular flexibility index (Phi) is 22.5. The number of cyclic esters (lactones) is 1. The molecule has 1 amide bonds. The summed E-state index contributed by atoms with van der Waals surface area (Å²) in [4.78, 5) is 72.2. The zero-order chi connectivity index (χ0) is 51.4. The Bertz CT molecular complexity index is 1940. The summed E-state index contributed by atoms with van der Waals surface area (Å²) in [5, 5.41) is 23.5. The Morgan fingerprint density at radius 3 is 2.22 bits per heavy atom. The summed E-state index contributed by atoms with van der Waals surface area (Å²) in [6, 6.07) is -1.16. The van der Waals surface area contributed by atoms with E-state index in [0.717, 1.165) is 12.0 Å². The standard InChI is InChI=1S/C53H84NO14P/c1-32-18-14-13-15-19-33(2)44(63-8)30-40-23-21-38(7)53(61,67-40)50(58)51(59)54-25-17-16-20-41(54)52(60)66-45(35(4)28-39-22-24-43(46(29-39)64-9)68-69(11,12)62)31-42(55)34(3)27-37(6)48(57)49(65-10)47(56)36(5)26-32/h13-15,18-19,27,32,34-36,38-41,43-46,48-49,57,61H,16-17,20-26,28-31H2,1-12H3/b15-13?,18-14+,33-19?,37-27+/t32-,34-,35-,36-,38-,39+,40+,41+,43-,44+,45+,46-,48-,49+,53?/m1/s1. The largest absolute Gasteiger partial charge is 0.460 e. The van der Waals surface area contributed by atoms with Gasteiger partial charge in [-0.2, -0.15) is 0 Å². The molecule has 1 saturated carbocycles. The van der Waals surface area contributed by atoms with Crippen molar-refractivity contribution < 1.29 is 67.0 Å². The van der Waals surface area contributed by atoms with Gasteiger partial charge in [-0.15, -0.1) is 0 Å². The molecule has 15 nitrogen and oxygen atoms in total. The highest BCUT2D eigenvalue weighted by Crippen LogP contribution is 2.45. The number of piperidine rings is 1. The number of carbonyl (C=O) groups excluding carboxylic acids is 5. The van der Waals surface area contributed by atoms with Gasteiger partial charge in [0.1, 0.15) is 30.1 Å². The molecule has 3 fully saturated rings. The number of rotatable bonds is 8. The Morgan fingerprint density at radius 2 is 1.57 bits per heavy atom. The van der Waals surface area contributed by atoms with E-state index in [2.05, 4.69) is 0 Å². The van der Waals surface area contributed by atoms with E-state index >= 15 is 0 Å². The number of aliphatic hydroxyl groups is 2. The predicted molar refractivity (Wildman–Crippen MR) is 263 cm³/mol. The van der Waals surface area contributed by atoms with E-state index in [1.165, 1.54) is 12.0 Å². The lowest BCUT2D eigenvalue weighted by Crippen LogP contribution is -2.61. The van der Waals surface area contributed by atoms with Crippen LogP contribution in [0.25, 0.3) is 0 Å². The Labute approximate surface area is 411 Å². The number of ether oxygens (including phenoxy) is 5. The number of hydrogen-bond donors (Lipinski definition) is 2. The lowest BCUT2D eigenvalue weighted by molar-refractivity contribution is -0.265. The van der Waals surface area contributed by atoms with Gasteiger partial charge in [0.05, 0.1) is 24.4 Å². The van der Waals surface area contributed by atoms with Gasteiger partial charge in [-0.25, -0.2) is 4.79 Å². The summed E-state index contributed by atoms with van der Waals surface area (Å²) in [5.41, 5.74) is 1.25. The first kappa shape index (κ1) is 58.4. The normalized spacial score (nSPS) is 37.8. The summed E-state index contributed by atoms with van der Waals surface area (Å²) in [7, 11) is 1.76. The first-order valence-electron chi connectivity index (χ1n) is 25.2. The molecule has 16 heteroatoms. The molecule has 0 aromatic carbocycles. The van der Waals surface area contributed by atoms with Gasteiger partial charge in [-0.1, -0.05) is 71.1 Å². The molecule has 2 saturated heterocycles. The van der Waals surface area contributed by atoms with E-state index in [1.54, 1.807) is 54.4 Å². The zero-order valence-corrected chi connectivity index (χ0v) is 44.3. The van der Waals surface area contributed by atoms with Crippen LogP contribution in [0.5, 0.6) is 0 Å². The minimum atomic E-state index is -2.79. The number of esters is 1. The third-order valence-electron chi connectivity index (χ3n) is 14.8. The van der Waals surface area contributed by atoms with Crippen molar-refractivity contribution in [3.63, 3.8) is 0 Å². The van der Waals surface area contributed by atoms with Gasteiger partial charge < -0.3 is 43.3 Å². The monoisotopic (exact) mass is 990 g/mol. The molecule has 4 aliphatic rings. The first-order chi connectivity index (χ1) is 32.4. The number of allylic oxidation sites excluding steroid dienone is 6. The summed E-state index contributed by atoms with van der Waals surface area (Å²) in [6.07, 6.45) is 11.4. The summed E-state index contributed by atoms with van der Waals surface area (Å²) < 4.78 is 48.2. The number of Topliss-reactive ketones (excluding diaryl/α,β-unsaturated/α-hetero) is 3. The van der Waals surface area contributed by atoms with Crippen LogP contribution in [0.4, 0.5) is 0 Å². The molecular formula is C53H84NO14P. The fraction of sp³-hybridized carbons (Fsp3) is 0.755. The molecule has 4 rings (SSSR count). The van der Waals surface area contributed by atoms with Crippen LogP contribution in [-0.2, 0) is 56.7 Å². The number of aliphatic hydroxyl groups excluding tert-OH is 1. The fourth-order valence-electron chi connectivity index (χ4n) is 10.5. The van der Waals surface area contributed by atoms with Crippen molar-refractivity contribution in [2.45, 2.75) is 180 Å². The predicted octanol–water partition coefficient (Wildman–Crippen LogP) is 7.74. The third-order valence-corrected chi connectivity index (χ3v) is 15.6. The van der Waals surface area contributed by atoms with Gasteiger partial charge in [0.2, 0.25) is 5.79 Å². The van der Waals surface area contributed by atoms with Crippen LogP contribution in [0.15, 0.2) is 47.6 Å². The topological polar surface area (TPSA) is 201 Å². The molecule has 3 aliphatic heterocycles. The van der Waals surface area contributed by atoms with E-state index in [0.29, 0.717) is 63.4 Å². The fourth-order valence-corrected chi connectivity index (χ4v) is 11.4. The second-order valence-electron chi connectivity index (χ2n) is 20.9. The van der Waals surface area contributed by atoms with Gasteiger partial charge in [-0.05, 0) is 107 Å². The molecule has 69 heavy (non-hydrogen) atoms. The van der Waals surface area contributed by atoms with Crippen molar-refractivity contribution in [2.24, 2.45) is 35.5 Å². The molecule has 3 heterocycles. The maximum atomic E-state index is 14.5. The van der Waals surface area contributed by atoms with E-state index < -0.39 is 85.1 Å². The molecule has 2 N–H and O–H groups in total. The third kappa shape index (κ3) is 16.2. The maximum Gasteiger partial charge on any atom is 0.329 e. The Balaban J connectivity index is 1.70. The van der Waals surface area contributed by atoms with Gasteiger partial charge in [0, 0.05) is 71.8 Å². The number of hydrogen-bond acceptors (Lipinski definition) is 14. The number of nitrogens with zero attached hydrogens (tertiary/aromatic N) is 1. The minimum Gasteiger partial charge on any atom is -0.460 e. The van der Waals surface area contributed by atoms with Crippen molar-refractivity contribution >= 4 is 36.6 Å². The summed E-state index contributed by atoms with van der Waals surface area (Å²) >= 11 is 0. The molecule has 1 aliphatic carbocycles. The summed E-state index contributed by atoms with van der Waals surface area (Å²) in [5.74, 6) is -8.11. The average Bonchev–Trinajstić information content (AvgIpc) is 3.30. The highest BCUT2D eigenvalue weighted by atomic mass is 31.2. The van der Waals surface area contributed by atoms with Crippen molar-refractivity contribution in [3.8, 4) is 0 Å². The second-order valence-corrected chi connectivity index (χ2v) is 23.6. The molecule has 0 aromatic heterocycles. The van der Waals surface area contributed by atoms with Gasteiger partial charge in [0.15, 0.2) is 13.2 Å². The zero-order valence-electron chi connectivity index (χ0n) is 43.4. The van der Waals surface area contributed by atoms with E-state index in [-0.39, 0.29) is 60.9 Å². The van der Waals surface area contributed by atoms with Gasteiger partial charge >= 0.3 is 5.97 Å². The van der Waals surface area contributed by atoms with E-state index in [9.17, 15) is 38.8 Å². The number of carbonyl (C=O) groups is 5. The molecule has 0 aromatic rings. The number of methoxy groups -OCH3 is 3. The van der Waals surface area contributed by atoms with Gasteiger partial charge in [0.25, 0.3) is 11.7 Å². The van der Waals surface area contributed by atoms with Crippen LogP contribution < -0.4 is 0 Å². The minimum absolute atomic E-state index is 0.0117. The van der Waals surface area contributed by atoms with Gasteiger partial charge in [-0.3, -0.25) is 23.7 Å². The number of ketones is 3. The van der Waals surface area contributed by atoms with Crippen molar-refractivity contribution in [3.05, 3.63) is 47.6 Å². The van der Waals surface area contributed by atoms with E-state index in [1.807, 2.05) is 58.1 Å². The van der Waals surface area contributed by atoms with Crippen LogP contribution >= 0.6 is 7.37 Å². The van der Waals surface area contributed by atoms with Crippen molar-refractivity contribution in [1.82, 2.24) is 4.90 Å². The first-order valence-corrected chi connectivity index (χ1v) is 27.7. The quantitative estimate of drug-likeness (QED) is 0.104. The Hall–Kier alpha value is -3.14. The molecule has 15 atom stereocenters. The van der Waals surface area contributed by atoms with Crippen LogP contribution in [0.1, 0.15) is 126 Å². The highest BCUT2D eigenvalue weighted by Gasteiger charge is 2.53. The molecule has 0 spiro atoms.